The van der Waals surface area contributed by atoms with Crippen LogP contribution in [-0.2, 0) is 22.6 Å². The number of fused-ring (bicyclic) bond motifs is 1. The van der Waals surface area contributed by atoms with E-state index in [4.69, 9.17) is 14.2 Å². The maximum absolute atomic E-state index is 12.1. The Morgan fingerprint density at radius 1 is 1.30 bits per heavy atom. The normalized spacial score (nSPS) is 17.4. The number of amides is 1. The second-order valence-electron chi connectivity index (χ2n) is 7.19. The Hall–Kier alpha value is -2.39. The number of ether oxygens (including phenoxy) is 3. The van der Waals surface area contributed by atoms with Crippen LogP contribution in [0.1, 0.15) is 25.0 Å². The van der Waals surface area contributed by atoms with Crippen LogP contribution in [-0.4, -0.2) is 60.4 Å². The molecular weight excluding hydrogens is 354 g/mol. The van der Waals surface area contributed by atoms with Crippen molar-refractivity contribution in [2.45, 2.75) is 27.0 Å². The Morgan fingerprint density at radius 2 is 2.04 bits per heavy atom. The van der Waals surface area contributed by atoms with Crippen molar-refractivity contribution in [2.75, 3.05) is 39.6 Å². The third-order valence-corrected chi connectivity index (χ3v) is 4.55. The van der Waals surface area contributed by atoms with Crippen LogP contribution < -0.4 is 4.74 Å². The molecule has 0 unspecified atom stereocenters. The summed E-state index contributed by atoms with van der Waals surface area (Å²) in [6.45, 7) is 7.87. The molecule has 2 aliphatic rings. The van der Waals surface area contributed by atoms with Gasteiger partial charge < -0.3 is 19.1 Å². The predicted molar refractivity (Wildman–Crippen MR) is 96.4 cm³/mol. The molecule has 0 atom stereocenters. The number of benzene rings is 1. The molecule has 3 rings (SSSR count). The van der Waals surface area contributed by atoms with Gasteiger partial charge in [0.1, 0.15) is 5.75 Å². The van der Waals surface area contributed by atoms with Crippen LogP contribution >= 0.6 is 0 Å². The van der Waals surface area contributed by atoms with Crippen LogP contribution in [0.25, 0.3) is 0 Å². The van der Waals surface area contributed by atoms with Gasteiger partial charge in [0.2, 0.25) is 0 Å². The van der Waals surface area contributed by atoms with E-state index in [1.165, 1.54) is 6.07 Å². The fraction of sp³-hybridized carbons (Fsp3) is 0.611. The number of hydrogen-bond acceptors (Lipinski definition) is 7. The zero-order valence-corrected chi connectivity index (χ0v) is 15.7. The first-order valence-corrected chi connectivity index (χ1v) is 9.09. The van der Waals surface area contributed by atoms with E-state index in [0.29, 0.717) is 63.2 Å². The summed E-state index contributed by atoms with van der Waals surface area (Å²) >= 11 is 0. The third-order valence-electron chi connectivity index (χ3n) is 4.55. The topological polar surface area (TPSA) is 94.4 Å². The molecule has 1 amide bonds. The van der Waals surface area contributed by atoms with E-state index in [1.807, 2.05) is 13.8 Å². The number of nitro benzene ring substituents is 1. The van der Waals surface area contributed by atoms with Crippen LogP contribution in [0.5, 0.6) is 5.75 Å². The molecule has 1 saturated heterocycles. The van der Waals surface area contributed by atoms with E-state index in [0.717, 1.165) is 5.56 Å². The molecule has 0 spiro atoms. The number of non-ortho nitro benzene ring substituents is 1. The first-order chi connectivity index (χ1) is 12.9. The van der Waals surface area contributed by atoms with Gasteiger partial charge >= 0.3 is 6.09 Å². The van der Waals surface area contributed by atoms with Gasteiger partial charge in [0.05, 0.1) is 18.1 Å². The number of rotatable bonds is 5. The van der Waals surface area contributed by atoms with E-state index in [1.54, 1.807) is 11.0 Å². The highest BCUT2D eigenvalue weighted by Gasteiger charge is 2.26. The van der Waals surface area contributed by atoms with E-state index in [2.05, 4.69) is 4.90 Å². The van der Waals surface area contributed by atoms with Crippen LogP contribution in [0.4, 0.5) is 10.5 Å². The highest BCUT2D eigenvalue weighted by Crippen LogP contribution is 2.33. The first-order valence-electron chi connectivity index (χ1n) is 9.09. The van der Waals surface area contributed by atoms with Crippen molar-refractivity contribution in [3.8, 4) is 5.75 Å². The van der Waals surface area contributed by atoms with Crippen molar-refractivity contribution >= 4 is 11.8 Å². The summed E-state index contributed by atoms with van der Waals surface area (Å²) in [5.74, 6) is 0.977. The molecule has 0 aliphatic carbocycles. The van der Waals surface area contributed by atoms with Gasteiger partial charge in [-0.05, 0) is 5.92 Å². The van der Waals surface area contributed by atoms with E-state index >= 15 is 0 Å². The predicted octanol–water partition coefficient (Wildman–Crippen LogP) is 2.37. The number of piperazine rings is 1. The van der Waals surface area contributed by atoms with Gasteiger partial charge in [-0.15, -0.1) is 0 Å². The Kier molecular flexibility index (Phi) is 6.12. The molecule has 9 heteroatoms. The summed E-state index contributed by atoms with van der Waals surface area (Å²) in [6, 6.07) is 3.06. The molecule has 2 heterocycles. The lowest BCUT2D eigenvalue weighted by atomic mass is 10.1. The monoisotopic (exact) mass is 379 g/mol. The average molecular weight is 379 g/mol. The van der Waals surface area contributed by atoms with Crippen molar-refractivity contribution in [1.82, 2.24) is 9.80 Å². The molecule has 0 N–H and O–H groups in total. The van der Waals surface area contributed by atoms with Crippen molar-refractivity contribution in [1.29, 1.82) is 0 Å². The Morgan fingerprint density at radius 3 is 2.70 bits per heavy atom. The number of hydrogen-bond donors (Lipinski definition) is 0. The number of nitrogens with zero attached hydrogens (tertiary/aromatic N) is 3. The summed E-state index contributed by atoms with van der Waals surface area (Å²) in [7, 11) is 0. The van der Waals surface area contributed by atoms with Crippen molar-refractivity contribution in [3.63, 3.8) is 0 Å². The molecular formula is C18H25N3O6. The smallest absolute Gasteiger partial charge is 0.409 e. The quantitative estimate of drug-likeness (QED) is 0.572. The molecule has 0 radical (unpaired) electrons. The molecule has 1 aromatic carbocycles. The summed E-state index contributed by atoms with van der Waals surface area (Å²) < 4.78 is 16.1. The summed E-state index contributed by atoms with van der Waals surface area (Å²) in [5, 5.41) is 11.2. The van der Waals surface area contributed by atoms with Gasteiger partial charge in [0, 0.05) is 56.0 Å². The minimum atomic E-state index is -0.402. The Bertz CT molecular complexity index is 701. The van der Waals surface area contributed by atoms with Crippen LogP contribution in [0.15, 0.2) is 12.1 Å². The number of nitro groups is 1. The molecule has 1 aromatic rings. The molecule has 0 aromatic heterocycles. The standard InChI is InChI=1S/C18H25N3O6/c1-13(2)10-26-18(22)20-5-3-19(4-6-20)9-14-7-16(21(23)24)8-15-11-25-12-27-17(14)15/h7-8,13H,3-6,9-12H2,1-2H3. The van der Waals surface area contributed by atoms with Gasteiger partial charge in [-0.2, -0.15) is 0 Å². The van der Waals surface area contributed by atoms with Gasteiger partial charge in [-0.3, -0.25) is 15.0 Å². The SMILES string of the molecule is CC(C)COC(=O)N1CCN(Cc2cc([N+](=O)[O-])cc3c2OCOC3)CC1. The largest absolute Gasteiger partial charge is 0.467 e. The van der Waals surface area contributed by atoms with Crippen LogP contribution in [0.2, 0.25) is 0 Å². The number of carbonyl (C=O) groups excluding carboxylic acids is 1. The zero-order chi connectivity index (χ0) is 19.4. The maximum Gasteiger partial charge on any atom is 0.409 e. The number of carbonyl (C=O) groups is 1. The fourth-order valence-corrected chi connectivity index (χ4v) is 3.16. The maximum atomic E-state index is 12.1. The van der Waals surface area contributed by atoms with Crippen molar-refractivity contribution in [2.24, 2.45) is 5.92 Å². The Balaban J connectivity index is 1.63. The fourth-order valence-electron chi connectivity index (χ4n) is 3.16. The van der Waals surface area contributed by atoms with Gasteiger partial charge in [0.25, 0.3) is 5.69 Å². The van der Waals surface area contributed by atoms with E-state index in [9.17, 15) is 14.9 Å². The average Bonchev–Trinajstić information content (AvgIpc) is 2.66. The molecule has 1 fully saturated rings. The lowest BCUT2D eigenvalue weighted by Gasteiger charge is -2.34. The highest BCUT2D eigenvalue weighted by molar-refractivity contribution is 5.67. The van der Waals surface area contributed by atoms with Crippen molar-refractivity contribution in [3.05, 3.63) is 33.4 Å². The summed E-state index contributed by atoms with van der Waals surface area (Å²) in [6.07, 6.45) is -0.281. The summed E-state index contributed by atoms with van der Waals surface area (Å²) in [5.41, 5.74) is 1.51. The lowest BCUT2D eigenvalue weighted by molar-refractivity contribution is -0.385. The van der Waals surface area contributed by atoms with Crippen LogP contribution in [0, 0.1) is 16.0 Å². The van der Waals surface area contributed by atoms with E-state index in [-0.39, 0.29) is 18.6 Å². The molecule has 27 heavy (non-hydrogen) atoms. The third kappa shape index (κ3) is 4.86. The molecule has 2 aliphatic heterocycles. The van der Waals surface area contributed by atoms with Gasteiger partial charge in [0.15, 0.2) is 6.79 Å². The van der Waals surface area contributed by atoms with E-state index < -0.39 is 4.92 Å². The molecule has 148 valence electrons. The second kappa shape index (κ2) is 8.53. The van der Waals surface area contributed by atoms with Crippen LogP contribution in [0.3, 0.4) is 0 Å². The molecule has 0 saturated carbocycles. The summed E-state index contributed by atoms with van der Waals surface area (Å²) in [4.78, 5) is 26.7. The van der Waals surface area contributed by atoms with Gasteiger partial charge in [-0.25, -0.2) is 4.79 Å². The lowest BCUT2D eigenvalue weighted by Crippen LogP contribution is -2.48. The minimum Gasteiger partial charge on any atom is -0.467 e. The minimum absolute atomic E-state index is 0.0359. The van der Waals surface area contributed by atoms with Gasteiger partial charge in [-0.1, -0.05) is 13.8 Å². The molecule has 0 bridgehead atoms. The van der Waals surface area contributed by atoms with Crippen molar-refractivity contribution < 1.29 is 23.9 Å². The highest BCUT2D eigenvalue weighted by atomic mass is 16.7. The first kappa shape index (κ1) is 19.4. The molecule has 9 nitrogen and oxygen atoms in total. The Labute approximate surface area is 157 Å². The zero-order valence-electron chi connectivity index (χ0n) is 15.7. The second-order valence-corrected chi connectivity index (χ2v) is 7.19.